The number of carbonyl (C=O) groups excluding carboxylic acids is 1. The molecule has 5 aromatic rings. The summed E-state index contributed by atoms with van der Waals surface area (Å²) in [4.78, 5) is 17.1. The van der Waals surface area contributed by atoms with Crippen LogP contribution in [-0.4, -0.2) is 40.6 Å². The van der Waals surface area contributed by atoms with Gasteiger partial charge in [0.1, 0.15) is 5.82 Å². The van der Waals surface area contributed by atoms with E-state index in [0.29, 0.717) is 27.5 Å². The molecular weight excluding hydrogens is 497 g/mol. The number of anilines is 1. The molecule has 0 aliphatic rings. The Kier molecular flexibility index (Phi) is 5.80. The molecule has 182 valence electrons. The van der Waals surface area contributed by atoms with E-state index < -0.39 is 17.8 Å². The molecule has 4 aromatic heterocycles. The van der Waals surface area contributed by atoms with Gasteiger partial charge < -0.3 is 5.32 Å². The highest BCUT2D eigenvalue weighted by Gasteiger charge is 2.34. The minimum absolute atomic E-state index is 0.0804. The maximum Gasteiger partial charge on any atom is 0.435 e. The molecule has 0 aliphatic heterocycles. The minimum atomic E-state index is -4.65. The lowest BCUT2D eigenvalue weighted by Crippen LogP contribution is -2.15. The third kappa shape index (κ3) is 4.58. The largest absolute Gasteiger partial charge is 0.435 e. The SMILES string of the molecule is Cn1ccc(-c2cc(C(=O)Nc3cc(-c4ccncc4)nn3-c3cc(C(F)(F)F)n[nH]3)ccc2Cl)n1. The molecule has 1 amide bonds. The molecular formula is C23H16ClF3N8O. The summed E-state index contributed by atoms with van der Waals surface area (Å²) >= 11 is 6.32. The number of amides is 1. The Labute approximate surface area is 206 Å². The smallest absolute Gasteiger partial charge is 0.306 e. The average molecular weight is 513 g/mol. The van der Waals surface area contributed by atoms with E-state index >= 15 is 0 Å². The zero-order valence-corrected chi connectivity index (χ0v) is 19.2. The van der Waals surface area contributed by atoms with Gasteiger partial charge in [-0.2, -0.15) is 33.1 Å². The summed E-state index contributed by atoms with van der Waals surface area (Å²) in [5.41, 5.74) is 1.34. The fourth-order valence-electron chi connectivity index (χ4n) is 3.49. The fourth-order valence-corrected chi connectivity index (χ4v) is 3.71. The molecule has 36 heavy (non-hydrogen) atoms. The van der Waals surface area contributed by atoms with Gasteiger partial charge in [-0.3, -0.25) is 19.6 Å². The Morgan fingerprint density at radius 2 is 1.81 bits per heavy atom. The summed E-state index contributed by atoms with van der Waals surface area (Å²) in [5, 5.41) is 17.5. The second kappa shape index (κ2) is 8.96. The Morgan fingerprint density at radius 3 is 2.47 bits per heavy atom. The molecule has 0 radical (unpaired) electrons. The Morgan fingerprint density at radius 1 is 1.03 bits per heavy atom. The molecule has 0 fully saturated rings. The molecule has 0 saturated heterocycles. The van der Waals surface area contributed by atoms with Gasteiger partial charge in [-0.1, -0.05) is 11.6 Å². The number of carbonyl (C=O) groups is 1. The number of aryl methyl sites for hydroxylation is 1. The molecule has 1 aromatic carbocycles. The molecule has 0 saturated carbocycles. The third-order valence-electron chi connectivity index (χ3n) is 5.23. The van der Waals surface area contributed by atoms with Crippen molar-refractivity contribution in [2.24, 2.45) is 7.05 Å². The quantitative estimate of drug-likeness (QED) is 0.345. The first-order valence-electron chi connectivity index (χ1n) is 10.4. The second-order valence-electron chi connectivity index (χ2n) is 7.72. The van der Waals surface area contributed by atoms with E-state index in [1.807, 2.05) is 0 Å². The Hall–Kier alpha value is -4.45. The zero-order valence-electron chi connectivity index (χ0n) is 18.5. The number of hydrogen-bond acceptors (Lipinski definition) is 5. The first kappa shape index (κ1) is 23.3. The van der Waals surface area contributed by atoms with Gasteiger partial charge in [0.05, 0.1) is 16.4 Å². The molecule has 0 bridgehead atoms. The van der Waals surface area contributed by atoms with E-state index in [1.54, 1.807) is 60.7 Å². The number of nitrogens with zero attached hydrogens (tertiary/aromatic N) is 6. The minimum Gasteiger partial charge on any atom is -0.306 e. The molecule has 0 aliphatic carbocycles. The Bertz CT molecular complexity index is 1560. The molecule has 0 spiro atoms. The highest BCUT2D eigenvalue weighted by molar-refractivity contribution is 6.33. The molecule has 4 heterocycles. The predicted octanol–water partition coefficient (Wildman–Crippen LogP) is 4.98. The second-order valence-corrected chi connectivity index (χ2v) is 8.13. The first-order valence-corrected chi connectivity index (χ1v) is 10.8. The van der Waals surface area contributed by atoms with E-state index in [4.69, 9.17) is 11.6 Å². The van der Waals surface area contributed by atoms with Gasteiger partial charge in [-0.15, -0.1) is 0 Å². The number of aromatic amines is 1. The van der Waals surface area contributed by atoms with Crippen LogP contribution in [0.4, 0.5) is 19.0 Å². The van der Waals surface area contributed by atoms with Gasteiger partial charge in [-0.25, -0.2) is 0 Å². The van der Waals surface area contributed by atoms with Crippen molar-refractivity contribution < 1.29 is 18.0 Å². The van der Waals surface area contributed by atoms with Gasteiger partial charge in [0, 0.05) is 54.5 Å². The van der Waals surface area contributed by atoms with Crippen LogP contribution in [0.5, 0.6) is 0 Å². The van der Waals surface area contributed by atoms with Gasteiger partial charge in [0.25, 0.3) is 5.91 Å². The number of alkyl halides is 3. The van der Waals surface area contributed by atoms with Crippen molar-refractivity contribution in [3.63, 3.8) is 0 Å². The molecule has 0 atom stereocenters. The highest BCUT2D eigenvalue weighted by Crippen LogP contribution is 2.31. The van der Waals surface area contributed by atoms with E-state index in [-0.39, 0.29) is 17.2 Å². The lowest BCUT2D eigenvalue weighted by atomic mass is 10.1. The maximum absolute atomic E-state index is 13.2. The van der Waals surface area contributed by atoms with Crippen LogP contribution in [0.15, 0.2) is 67.1 Å². The fraction of sp³-hybridized carbons (Fsp3) is 0.0870. The molecule has 2 N–H and O–H groups in total. The number of H-pyrrole nitrogens is 1. The summed E-state index contributed by atoms with van der Waals surface area (Å²) < 4.78 is 42.1. The van der Waals surface area contributed by atoms with Crippen molar-refractivity contribution in [1.82, 2.24) is 34.7 Å². The number of halogens is 4. The van der Waals surface area contributed by atoms with Gasteiger partial charge >= 0.3 is 6.18 Å². The number of hydrogen-bond donors (Lipinski definition) is 2. The standard InChI is InChI=1S/C23H16ClF3N8O/c1-34-9-6-17(32-34)15-10-14(2-3-16(15)24)22(36)29-20-11-18(13-4-7-28-8-5-13)33-35(20)21-12-19(30-31-21)23(25,26)27/h2-12H,1H3,(H,29,36)(H,30,31). The third-order valence-corrected chi connectivity index (χ3v) is 5.56. The van der Waals surface area contributed by atoms with Crippen molar-refractivity contribution in [2.75, 3.05) is 5.32 Å². The van der Waals surface area contributed by atoms with E-state index in [1.165, 1.54) is 12.1 Å². The average Bonchev–Trinajstić information content (AvgIpc) is 3.59. The van der Waals surface area contributed by atoms with Crippen LogP contribution in [0.1, 0.15) is 16.1 Å². The lowest BCUT2D eigenvalue weighted by Gasteiger charge is -2.09. The highest BCUT2D eigenvalue weighted by atomic mass is 35.5. The molecule has 5 rings (SSSR count). The maximum atomic E-state index is 13.2. The number of benzene rings is 1. The van der Waals surface area contributed by atoms with Crippen LogP contribution in [0, 0.1) is 0 Å². The van der Waals surface area contributed by atoms with Crippen molar-refractivity contribution >= 4 is 23.3 Å². The van der Waals surface area contributed by atoms with Crippen molar-refractivity contribution in [2.45, 2.75) is 6.18 Å². The van der Waals surface area contributed by atoms with Crippen molar-refractivity contribution in [3.8, 4) is 28.3 Å². The summed E-state index contributed by atoms with van der Waals surface area (Å²) in [5.74, 6) is -0.483. The summed E-state index contributed by atoms with van der Waals surface area (Å²) in [6.45, 7) is 0. The number of aromatic nitrogens is 7. The van der Waals surface area contributed by atoms with Gasteiger partial charge in [-0.05, 0) is 36.4 Å². The van der Waals surface area contributed by atoms with Crippen molar-refractivity contribution in [1.29, 1.82) is 0 Å². The zero-order chi connectivity index (χ0) is 25.4. The van der Waals surface area contributed by atoms with E-state index in [2.05, 4.69) is 30.7 Å². The molecule has 0 unspecified atom stereocenters. The summed E-state index contributed by atoms with van der Waals surface area (Å²) in [6.07, 6.45) is 0.205. The molecule has 13 heteroatoms. The van der Waals surface area contributed by atoms with Crippen LogP contribution in [0.25, 0.3) is 28.3 Å². The normalized spacial score (nSPS) is 11.6. The predicted molar refractivity (Wildman–Crippen MR) is 126 cm³/mol. The number of pyridine rings is 1. The van der Waals surface area contributed by atoms with Crippen molar-refractivity contribution in [3.05, 3.63) is 83.4 Å². The summed E-state index contributed by atoms with van der Waals surface area (Å²) in [7, 11) is 1.76. The van der Waals surface area contributed by atoms with E-state index in [0.717, 1.165) is 10.7 Å². The lowest BCUT2D eigenvalue weighted by molar-refractivity contribution is -0.141. The van der Waals surface area contributed by atoms with Crippen LogP contribution < -0.4 is 5.32 Å². The number of rotatable bonds is 5. The van der Waals surface area contributed by atoms with Crippen LogP contribution >= 0.6 is 11.6 Å². The van der Waals surface area contributed by atoms with Gasteiger partial charge in [0.15, 0.2) is 11.5 Å². The molecule has 9 nitrogen and oxygen atoms in total. The monoisotopic (exact) mass is 512 g/mol. The van der Waals surface area contributed by atoms with Crippen LogP contribution in [-0.2, 0) is 13.2 Å². The first-order chi connectivity index (χ1) is 17.2. The van der Waals surface area contributed by atoms with Crippen LogP contribution in [0.2, 0.25) is 5.02 Å². The Balaban J connectivity index is 1.52. The number of nitrogens with one attached hydrogen (secondary N) is 2. The van der Waals surface area contributed by atoms with Gasteiger partial charge in [0.2, 0.25) is 0 Å². The van der Waals surface area contributed by atoms with E-state index in [9.17, 15) is 18.0 Å². The van der Waals surface area contributed by atoms with Crippen LogP contribution in [0.3, 0.4) is 0 Å². The summed E-state index contributed by atoms with van der Waals surface area (Å²) in [6, 6.07) is 12.2. The topological polar surface area (TPSA) is 106 Å².